The summed E-state index contributed by atoms with van der Waals surface area (Å²) in [6.45, 7) is 5.87. The molecule has 5 heteroatoms. The van der Waals surface area contributed by atoms with E-state index < -0.39 is 0 Å². The van der Waals surface area contributed by atoms with Gasteiger partial charge in [0.05, 0.1) is 9.86 Å². The molecule has 0 bridgehead atoms. The number of rotatable bonds is 6. The minimum atomic E-state index is -0.226. The van der Waals surface area contributed by atoms with E-state index in [0.29, 0.717) is 34.8 Å². The van der Waals surface area contributed by atoms with Gasteiger partial charge in [-0.1, -0.05) is 49.1 Å². The Morgan fingerprint density at radius 1 is 1.07 bits per heavy atom. The van der Waals surface area contributed by atoms with Crippen LogP contribution in [0.2, 0.25) is 0 Å². The molecule has 0 saturated heterocycles. The molecule has 4 aromatic rings. The maximum absolute atomic E-state index is 13.0. The maximum atomic E-state index is 13.0. The molecule has 150 valence electrons. The van der Waals surface area contributed by atoms with Gasteiger partial charge in [-0.25, -0.2) is 0 Å². The van der Waals surface area contributed by atoms with Crippen LogP contribution in [-0.2, 0) is 6.61 Å². The molecule has 0 aliphatic heterocycles. The molecule has 0 spiro atoms. The van der Waals surface area contributed by atoms with Crippen molar-refractivity contribution in [2.75, 3.05) is 0 Å². The molecule has 0 atom stereocenters. The first-order chi connectivity index (χ1) is 14.5. The van der Waals surface area contributed by atoms with E-state index in [0.717, 1.165) is 15.6 Å². The summed E-state index contributed by atoms with van der Waals surface area (Å²) in [7, 11) is 0. The zero-order chi connectivity index (χ0) is 21.1. The van der Waals surface area contributed by atoms with Crippen LogP contribution in [0, 0.1) is 6.92 Å². The second kappa shape index (κ2) is 8.59. The molecule has 1 aromatic heterocycles. The van der Waals surface area contributed by atoms with Crippen molar-refractivity contribution in [2.45, 2.75) is 13.5 Å². The van der Waals surface area contributed by atoms with Crippen LogP contribution in [-0.4, -0.2) is 0 Å². The SMILES string of the molecule is C=Cc1ccc(COc2ccc3c(=O)c(Oc4ccccc4Br)c(C)oc3c2)cc1. The highest BCUT2D eigenvalue weighted by Gasteiger charge is 2.15. The molecule has 0 N–H and O–H groups in total. The van der Waals surface area contributed by atoms with E-state index in [-0.39, 0.29) is 11.2 Å². The van der Waals surface area contributed by atoms with Gasteiger partial charge in [0.25, 0.3) is 0 Å². The van der Waals surface area contributed by atoms with Gasteiger partial charge in [-0.15, -0.1) is 0 Å². The molecule has 3 aromatic carbocycles. The van der Waals surface area contributed by atoms with Crippen molar-refractivity contribution < 1.29 is 13.9 Å². The maximum Gasteiger partial charge on any atom is 0.235 e. The zero-order valence-corrected chi connectivity index (χ0v) is 17.9. The fourth-order valence-electron chi connectivity index (χ4n) is 3.03. The molecule has 4 nitrogen and oxygen atoms in total. The Hall–Kier alpha value is -3.31. The molecular formula is C25H19BrO4. The van der Waals surface area contributed by atoms with Gasteiger partial charge in [-0.05, 0) is 58.2 Å². The van der Waals surface area contributed by atoms with Gasteiger partial charge in [-0.3, -0.25) is 4.79 Å². The molecule has 0 aliphatic carbocycles. The highest BCUT2D eigenvalue weighted by atomic mass is 79.9. The van der Waals surface area contributed by atoms with E-state index in [1.807, 2.05) is 42.5 Å². The number of para-hydroxylation sites is 1. The number of halogens is 1. The third kappa shape index (κ3) is 4.16. The summed E-state index contributed by atoms with van der Waals surface area (Å²) in [5.74, 6) is 1.75. The lowest BCUT2D eigenvalue weighted by Gasteiger charge is -2.11. The molecule has 0 amide bonds. The summed E-state index contributed by atoms with van der Waals surface area (Å²) in [6, 6.07) is 20.5. The first-order valence-corrected chi connectivity index (χ1v) is 10.2. The number of hydrogen-bond donors (Lipinski definition) is 0. The van der Waals surface area contributed by atoms with Gasteiger partial charge in [0, 0.05) is 6.07 Å². The van der Waals surface area contributed by atoms with Crippen molar-refractivity contribution in [3.05, 3.63) is 105 Å². The van der Waals surface area contributed by atoms with Crippen LogP contribution in [0.1, 0.15) is 16.9 Å². The van der Waals surface area contributed by atoms with E-state index in [9.17, 15) is 4.79 Å². The normalized spacial score (nSPS) is 10.7. The average molecular weight is 463 g/mol. The lowest BCUT2D eigenvalue weighted by molar-refractivity contribution is 0.306. The standard InChI is InChI=1S/C25H19BrO4/c1-3-17-8-10-18(11-9-17)15-28-19-12-13-20-23(14-19)29-16(2)25(24(20)27)30-22-7-5-4-6-21(22)26/h3-14H,1,15H2,2H3. The van der Waals surface area contributed by atoms with Crippen LogP contribution in [0.3, 0.4) is 0 Å². The summed E-state index contributed by atoms with van der Waals surface area (Å²) in [4.78, 5) is 13.0. The van der Waals surface area contributed by atoms with Crippen molar-refractivity contribution in [2.24, 2.45) is 0 Å². The molecule has 0 fully saturated rings. The Morgan fingerprint density at radius 3 is 2.57 bits per heavy atom. The van der Waals surface area contributed by atoms with Crippen molar-refractivity contribution in [3.63, 3.8) is 0 Å². The van der Waals surface area contributed by atoms with E-state index in [1.165, 1.54) is 0 Å². The topological polar surface area (TPSA) is 48.7 Å². The molecule has 0 radical (unpaired) electrons. The van der Waals surface area contributed by atoms with Crippen molar-refractivity contribution in [3.8, 4) is 17.2 Å². The highest BCUT2D eigenvalue weighted by molar-refractivity contribution is 9.10. The Kier molecular flexibility index (Phi) is 5.72. The van der Waals surface area contributed by atoms with Gasteiger partial charge < -0.3 is 13.9 Å². The molecular weight excluding hydrogens is 444 g/mol. The lowest BCUT2D eigenvalue weighted by atomic mass is 10.1. The van der Waals surface area contributed by atoms with Crippen molar-refractivity contribution in [1.82, 2.24) is 0 Å². The quantitative estimate of drug-likeness (QED) is 0.313. The van der Waals surface area contributed by atoms with E-state index in [1.54, 1.807) is 37.3 Å². The highest BCUT2D eigenvalue weighted by Crippen LogP contribution is 2.31. The van der Waals surface area contributed by atoms with Gasteiger partial charge in [-0.2, -0.15) is 0 Å². The van der Waals surface area contributed by atoms with Gasteiger partial charge in [0.1, 0.15) is 29.4 Å². The Balaban J connectivity index is 1.59. The van der Waals surface area contributed by atoms with Gasteiger partial charge in [0.2, 0.25) is 11.2 Å². The number of hydrogen-bond acceptors (Lipinski definition) is 4. The van der Waals surface area contributed by atoms with Crippen LogP contribution in [0.5, 0.6) is 17.2 Å². The first-order valence-electron chi connectivity index (χ1n) is 9.39. The largest absolute Gasteiger partial charge is 0.489 e. The molecule has 4 rings (SSSR count). The smallest absolute Gasteiger partial charge is 0.235 e. The van der Waals surface area contributed by atoms with E-state index in [4.69, 9.17) is 13.9 Å². The summed E-state index contributed by atoms with van der Waals surface area (Å²) in [6.07, 6.45) is 1.80. The van der Waals surface area contributed by atoms with Crippen LogP contribution in [0.4, 0.5) is 0 Å². The second-order valence-corrected chi connectivity index (χ2v) is 7.60. The molecule has 0 aliphatic rings. The van der Waals surface area contributed by atoms with Crippen LogP contribution in [0.25, 0.3) is 17.0 Å². The van der Waals surface area contributed by atoms with E-state index in [2.05, 4.69) is 22.5 Å². The minimum absolute atomic E-state index is 0.172. The number of ether oxygens (including phenoxy) is 2. The number of benzene rings is 3. The summed E-state index contributed by atoms with van der Waals surface area (Å²) < 4.78 is 18.3. The molecule has 30 heavy (non-hydrogen) atoms. The zero-order valence-electron chi connectivity index (χ0n) is 16.4. The third-order valence-corrected chi connectivity index (χ3v) is 5.31. The molecule has 0 unspecified atom stereocenters. The fourth-order valence-corrected chi connectivity index (χ4v) is 3.40. The van der Waals surface area contributed by atoms with Crippen LogP contribution < -0.4 is 14.9 Å². The average Bonchev–Trinajstić information content (AvgIpc) is 2.76. The summed E-state index contributed by atoms with van der Waals surface area (Å²) >= 11 is 3.43. The van der Waals surface area contributed by atoms with Gasteiger partial charge in [0.15, 0.2) is 0 Å². The Bertz CT molecular complexity index is 1270. The number of fused-ring (bicyclic) bond motifs is 1. The molecule has 1 heterocycles. The molecule has 0 saturated carbocycles. The minimum Gasteiger partial charge on any atom is -0.489 e. The predicted octanol–water partition coefficient (Wildman–Crippen LogP) is 6.88. The van der Waals surface area contributed by atoms with Gasteiger partial charge >= 0.3 is 0 Å². The number of aryl methyl sites for hydroxylation is 1. The second-order valence-electron chi connectivity index (χ2n) is 6.74. The Labute approximate surface area is 182 Å². The monoisotopic (exact) mass is 462 g/mol. The first kappa shape index (κ1) is 20.0. The summed E-state index contributed by atoms with van der Waals surface area (Å²) in [5.41, 5.74) is 2.32. The van der Waals surface area contributed by atoms with E-state index >= 15 is 0 Å². The fraction of sp³-hybridized carbons (Fsp3) is 0.0800. The van der Waals surface area contributed by atoms with Crippen LogP contribution in [0.15, 0.2) is 87.0 Å². The van der Waals surface area contributed by atoms with Crippen molar-refractivity contribution in [1.29, 1.82) is 0 Å². The Morgan fingerprint density at radius 2 is 1.83 bits per heavy atom. The van der Waals surface area contributed by atoms with Crippen molar-refractivity contribution >= 4 is 33.0 Å². The van der Waals surface area contributed by atoms with Crippen LogP contribution >= 0.6 is 15.9 Å². The lowest BCUT2D eigenvalue weighted by Crippen LogP contribution is -2.07. The predicted molar refractivity (Wildman–Crippen MR) is 122 cm³/mol. The summed E-state index contributed by atoms with van der Waals surface area (Å²) in [5, 5.41) is 0.435. The third-order valence-electron chi connectivity index (χ3n) is 4.66.